The molecular weight excluding hydrogens is 290 g/mol. The molecule has 0 spiro atoms. The van der Waals surface area contributed by atoms with Crippen LogP contribution in [0, 0.1) is 6.92 Å². The number of anilines is 2. The average Bonchev–Trinajstić information content (AvgIpc) is 2.38. The molecule has 2 aromatic rings. The third-order valence-corrected chi connectivity index (χ3v) is 4.16. The van der Waals surface area contributed by atoms with Crippen molar-refractivity contribution in [3.63, 3.8) is 0 Å². The van der Waals surface area contributed by atoms with E-state index in [-0.39, 0.29) is 10.5 Å². The lowest BCUT2D eigenvalue weighted by Gasteiger charge is -2.09. The lowest BCUT2D eigenvalue weighted by molar-refractivity contribution is 0.0696. The van der Waals surface area contributed by atoms with Crippen LogP contribution in [0.2, 0.25) is 0 Å². The summed E-state index contributed by atoms with van der Waals surface area (Å²) in [6.45, 7) is 1.72. The van der Waals surface area contributed by atoms with Crippen molar-refractivity contribution < 1.29 is 18.3 Å². The van der Waals surface area contributed by atoms with E-state index in [4.69, 9.17) is 5.11 Å². The van der Waals surface area contributed by atoms with Gasteiger partial charge >= 0.3 is 5.97 Å². The van der Waals surface area contributed by atoms with Gasteiger partial charge in [0.15, 0.2) is 9.84 Å². The number of aryl methyl sites for hydroxylation is 1. The third kappa shape index (κ3) is 3.61. The highest BCUT2D eigenvalue weighted by molar-refractivity contribution is 7.90. The maximum Gasteiger partial charge on any atom is 0.335 e. The van der Waals surface area contributed by atoms with E-state index in [1.165, 1.54) is 18.2 Å². The summed E-state index contributed by atoms with van der Waals surface area (Å²) in [5, 5.41) is 12.1. The molecule has 0 heterocycles. The van der Waals surface area contributed by atoms with E-state index in [0.29, 0.717) is 5.56 Å². The highest BCUT2D eigenvalue weighted by Gasteiger charge is 2.08. The zero-order chi connectivity index (χ0) is 15.6. The molecule has 0 aliphatic rings. The zero-order valence-corrected chi connectivity index (χ0v) is 12.4. The summed E-state index contributed by atoms with van der Waals surface area (Å²) in [6, 6.07) is 11.3. The van der Waals surface area contributed by atoms with Crippen LogP contribution in [0.4, 0.5) is 11.4 Å². The summed E-state index contributed by atoms with van der Waals surface area (Å²) in [4.78, 5) is 11.2. The molecule has 0 atom stereocenters. The van der Waals surface area contributed by atoms with Gasteiger partial charge in [0.25, 0.3) is 0 Å². The minimum absolute atomic E-state index is 0.255. The first-order valence-corrected chi connectivity index (χ1v) is 8.07. The molecule has 0 aliphatic carbocycles. The van der Waals surface area contributed by atoms with Gasteiger partial charge in [0.2, 0.25) is 0 Å². The fraction of sp³-hybridized carbons (Fsp3) is 0.133. The smallest absolute Gasteiger partial charge is 0.335 e. The maximum atomic E-state index is 11.4. The first-order chi connectivity index (χ1) is 9.77. The molecule has 6 heteroatoms. The van der Waals surface area contributed by atoms with Crippen LogP contribution in [0.1, 0.15) is 15.9 Å². The van der Waals surface area contributed by atoms with Crippen molar-refractivity contribution >= 4 is 27.2 Å². The Kier molecular flexibility index (Phi) is 3.99. The molecule has 0 saturated heterocycles. The second-order valence-electron chi connectivity index (χ2n) is 4.76. The number of benzene rings is 2. The summed E-state index contributed by atoms with van der Waals surface area (Å²) in [5.41, 5.74) is 2.38. The predicted octanol–water partition coefficient (Wildman–Crippen LogP) is 2.84. The monoisotopic (exact) mass is 305 g/mol. The van der Waals surface area contributed by atoms with Crippen LogP contribution in [-0.2, 0) is 9.84 Å². The van der Waals surface area contributed by atoms with Crippen LogP contribution in [0.25, 0.3) is 0 Å². The van der Waals surface area contributed by atoms with Gasteiger partial charge in [-0.1, -0.05) is 0 Å². The molecule has 110 valence electrons. The van der Waals surface area contributed by atoms with Crippen LogP contribution < -0.4 is 5.32 Å². The van der Waals surface area contributed by atoms with Crippen LogP contribution in [0.3, 0.4) is 0 Å². The van der Waals surface area contributed by atoms with Gasteiger partial charge in [0.05, 0.1) is 10.5 Å². The molecule has 0 saturated carbocycles. The van der Waals surface area contributed by atoms with E-state index in [0.717, 1.165) is 17.6 Å². The standard InChI is InChI=1S/C15H15NO4S/c1-10-9-12(5-8-14(10)15(17)18)16-11-3-6-13(7-4-11)21(2,19)20/h3-9,16H,1-2H3,(H,17,18). The van der Waals surface area contributed by atoms with Crippen molar-refractivity contribution in [1.29, 1.82) is 0 Å². The Hall–Kier alpha value is -2.34. The Morgan fingerprint density at radius 3 is 2.10 bits per heavy atom. The Labute approximate surface area is 123 Å². The molecule has 0 aliphatic heterocycles. The van der Waals surface area contributed by atoms with Gasteiger partial charge in [0, 0.05) is 17.6 Å². The van der Waals surface area contributed by atoms with Crippen LogP contribution in [0.15, 0.2) is 47.4 Å². The molecule has 0 radical (unpaired) electrons. The lowest BCUT2D eigenvalue weighted by atomic mass is 10.1. The number of nitrogens with one attached hydrogen (secondary N) is 1. The summed E-state index contributed by atoms with van der Waals surface area (Å²) in [7, 11) is -3.21. The number of carboxylic acids is 1. The second kappa shape index (κ2) is 5.57. The fourth-order valence-electron chi connectivity index (χ4n) is 1.93. The van der Waals surface area contributed by atoms with Crippen LogP contribution in [0.5, 0.6) is 0 Å². The Morgan fingerprint density at radius 2 is 1.62 bits per heavy atom. The van der Waals surface area contributed by atoms with Gasteiger partial charge in [-0.2, -0.15) is 0 Å². The van der Waals surface area contributed by atoms with Gasteiger partial charge < -0.3 is 10.4 Å². The fourth-order valence-corrected chi connectivity index (χ4v) is 2.56. The van der Waals surface area contributed by atoms with Crippen molar-refractivity contribution in [1.82, 2.24) is 0 Å². The van der Waals surface area contributed by atoms with E-state index in [2.05, 4.69) is 5.32 Å². The first kappa shape index (κ1) is 15.1. The predicted molar refractivity (Wildman–Crippen MR) is 81.0 cm³/mol. The molecule has 0 amide bonds. The Balaban J connectivity index is 2.23. The molecule has 2 rings (SSSR count). The lowest BCUT2D eigenvalue weighted by Crippen LogP contribution is -2.01. The number of sulfone groups is 1. The van der Waals surface area contributed by atoms with E-state index < -0.39 is 15.8 Å². The summed E-state index contributed by atoms with van der Waals surface area (Å²) in [6.07, 6.45) is 1.16. The van der Waals surface area contributed by atoms with E-state index in [9.17, 15) is 13.2 Å². The summed E-state index contributed by atoms with van der Waals surface area (Å²) < 4.78 is 22.7. The van der Waals surface area contributed by atoms with Gasteiger partial charge in [-0.15, -0.1) is 0 Å². The highest BCUT2D eigenvalue weighted by Crippen LogP contribution is 2.21. The minimum atomic E-state index is -3.21. The average molecular weight is 305 g/mol. The SMILES string of the molecule is Cc1cc(Nc2ccc(S(C)(=O)=O)cc2)ccc1C(=O)O. The third-order valence-electron chi connectivity index (χ3n) is 3.03. The van der Waals surface area contributed by atoms with Gasteiger partial charge in [0.1, 0.15) is 0 Å². The number of carbonyl (C=O) groups is 1. The first-order valence-electron chi connectivity index (χ1n) is 6.18. The topological polar surface area (TPSA) is 83.5 Å². The number of hydrogen-bond donors (Lipinski definition) is 2. The van der Waals surface area contributed by atoms with Crippen LogP contribution >= 0.6 is 0 Å². The normalized spacial score (nSPS) is 11.1. The van der Waals surface area contributed by atoms with Crippen LogP contribution in [-0.4, -0.2) is 25.7 Å². The van der Waals surface area contributed by atoms with Crippen molar-refractivity contribution in [2.45, 2.75) is 11.8 Å². The molecule has 0 aromatic heterocycles. The number of aromatic carboxylic acids is 1. The molecular formula is C15H15NO4S. The van der Waals surface area contributed by atoms with E-state index in [1.54, 1.807) is 31.2 Å². The summed E-state index contributed by atoms with van der Waals surface area (Å²) in [5.74, 6) is -0.962. The second-order valence-corrected chi connectivity index (χ2v) is 6.77. The molecule has 21 heavy (non-hydrogen) atoms. The molecule has 0 unspecified atom stereocenters. The largest absolute Gasteiger partial charge is 0.478 e. The molecule has 2 aromatic carbocycles. The maximum absolute atomic E-state index is 11.4. The van der Waals surface area contributed by atoms with Gasteiger partial charge in [-0.25, -0.2) is 13.2 Å². The van der Waals surface area contributed by atoms with E-state index in [1.807, 2.05) is 0 Å². The Morgan fingerprint density at radius 1 is 1.05 bits per heavy atom. The molecule has 2 N–H and O–H groups in total. The van der Waals surface area contributed by atoms with Crippen molar-refractivity contribution in [3.05, 3.63) is 53.6 Å². The quantitative estimate of drug-likeness (QED) is 0.907. The van der Waals surface area contributed by atoms with Gasteiger partial charge in [-0.05, 0) is 55.0 Å². The molecule has 5 nitrogen and oxygen atoms in total. The zero-order valence-electron chi connectivity index (χ0n) is 11.6. The Bertz CT molecular complexity index is 780. The number of carboxylic acid groups (broad SMARTS) is 1. The van der Waals surface area contributed by atoms with Crippen molar-refractivity contribution in [2.75, 3.05) is 11.6 Å². The van der Waals surface area contributed by atoms with Crippen molar-refractivity contribution in [3.8, 4) is 0 Å². The minimum Gasteiger partial charge on any atom is -0.478 e. The number of rotatable bonds is 4. The number of hydrogen-bond acceptors (Lipinski definition) is 4. The van der Waals surface area contributed by atoms with Gasteiger partial charge in [-0.3, -0.25) is 0 Å². The molecule has 0 bridgehead atoms. The molecule has 0 fully saturated rings. The highest BCUT2D eigenvalue weighted by atomic mass is 32.2. The summed E-state index contributed by atoms with van der Waals surface area (Å²) >= 11 is 0. The van der Waals surface area contributed by atoms with E-state index >= 15 is 0 Å². The van der Waals surface area contributed by atoms with Crippen molar-refractivity contribution in [2.24, 2.45) is 0 Å².